The van der Waals surface area contributed by atoms with Gasteiger partial charge in [-0.25, -0.2) is 0 Å². The van der Waals surface area contributed by atoms with Crippen LogP contribution in [0, 0.1) is 5.41 Å². The SMILES string of the molecule is CC(C)(C)NC(=O)CN1CCC2(CC1)CC2NC(=O)c1cc(Cl)cc(Cl)c1. The average molecular weight is 412 g/mol. The van der Waals surface area contributed by atoms with E-state index in [1.807, 2.05) is 20.8 Å². The van der Waals surface area contributed by atoms with E-state index >= 15 is 0 Å². The van der Waals surface area contributed by atoms with Crippen LogP contribution in [0.3, 0.4) is 0 Å². The normalized spacial score (nSPS) is 21.7. The topological polar surface area (TPSA) is 61.4 Å². The number of nitrogens with zero attached hydrogens (tertiary/aromatic N) is 1. The smallest absolute Gasteiger partial charge is 0.251 e. The second-order valence-electron chi connectivity index (χ2n) is 8.82. The highest BCUT2D eigenvalue weighted by Gasteiger charge is 2.55. The van der Waals surface area contributed by atoms with E-state index in [0.717, 1.165) is 32.4 Å². The zero-order valence-corrected chi connectivity index (χ0v) is 17.6. The van der Waals surface area contributed by atoms with Crippen LogP contribution >= 0.6 is 23.2 Å². The zero-order valence-electron chi connectivity index (χ0n) is 16.1. The summed E-state index contributed by atoms with van der Waals surface area (Å²) < 4.78 is 0. The lowest BCUT2D eigenvalue weighted by atomic mass is 9.92. The number of hydrogen-bond acceptors (Lipinski definition) is 3. The molecule has 2 aliphatic rings. The third-order valence-corrected chi connectivity index (χ3v) is 5.79. The molecule has 1 aromatic carbocycles. The van der Waals surface area contributed by atoms with Gasteiger partial charge in [0, 0.05) is 27.2 Å². The Morgan fingerprint density at radius 1 is 1.15 bits per heavy atom. The Bertz CT molecular complexity index is 717. The maximum atomic E-state index is 12.5. The van der Waals surface area contributed by atoms with E-state index in [-0.39, 0.29) is 28.8 Å². The molecule has 5 nitrogen and oxygen atoms in total. The van der Waals surface area contributed by atoms with Gasteiger partial charge in [-0.05, 0) is 76.7 Å². The number of carbonyl (C=O) groups is 2. The molecule has 7 heteroatoms. The standard InChI is InChI=1S/C20H27Cl2N3O2/c1-19(2,3)24-17(26)12-25-6-4-20(5-7-25)11-16(20)23-18(27)13-8-14(21)10-15(22)9-13/h8-10,16H,4-7,11-12H2,1-3H3,(H,23,27)(H,24,26). The molecule has 1 atom stereocenters. The highest BCUT2D eigenvalue weighted by Crippen LogP contribution is 2.53. The van der Waals surface area contributed by atoms with Crippen molar-refractivity contribution in [3.05, 3.63) is 33.8 Å². The fraction of sp³-hybridized carbons (Fsp3) is 0.600. The highest BCUT2D eigenvalue weighted by atomic mass is 35.5. The monoisotopic (exact) mass is 411 g/mol. The van der Waals surface area contributed by atoms with E-state index in [1.54, 1.807) is 18.2 Å². The van der Waals surface area contributed by atoms with E-state index in [9.17, 15) is 9.59 Å². The summed E-state index contributed by atoms with van der Waals surface area (Å²) in [6.07, 6.45) is 2.99. The van der Waals surface area contributed by atoms with Crippen LogP contribution in [0.5, 0.6) is 0 Å². The number of likely N-dealkylation sites (tertiary alicyclic amines) is 1. The molecular formula is C20H27Cl2N3O2. The molecule has 1 spiro atoms. The molecule has 0 radical (unpaired) electrons. The van der Waals surface area contributed by atoms with E-state index in [2.05, 4.69) is 15.5 Å². The van der Waals surface area contributed by atoms with Crippen molar-refractivity contribution in [3.63, 3.8) is 0 Å². The predicted molar refractivity (Wildman–Crippen MR) is 108 cm³/mol. The summed E-state index contributed by atoms with van der Waals surface area (Å²) in [5.41, 5.74) is 0.462. The Hall–Kier alpha value is -1.30. The van der Waals surface area contributed by atoms with Gasteiger partial charge in [0.1, 0.15) is 0 Å². The van der Waals surface area contributed by atoms with Gasteiger partial charge < -0.3 is 10.6 Å². The van der Waals surface area contributed by atoms with Gasteiger partial charge in [0.25, 0.3) is 5.91 Å². The lowest BCUT2D eigenvalue weighted by molar-refractivity contribution is -0.124. The largest absolute Gasteiger partial charge is 0.350 e. The number of halogens is 2. The Labute approximate surface area is 170 Å². The quantitative estimate of drug-likeness (QED) is 0.796. The van der Waals surface area contributed by atoms with Gasteiger partial charge in [-0.15, -0.1) is 0 Å². The molecule has 1 saturated carbocycles. The molecule has 1 unspecified atom stereocenters. The minimum absolute atomic E-state index is 0.0666. The first kappa shape index (κ1) is 20.4. The number of benzene rings is 1. The van der Waals surface area contributed by atoms with Crippen LogP contribution in [0.4, 0.5) is 0 Å². The molecule has 1 saturated heterocycles. The second kappa shape index (κ2) is 7.61. The average Bonchev–Trinajstić information content (AvgIpc) is 3.18. The van der Waals surface area contributed by atoms with Crippen molar-refractivity contribution in [2.24, 2.45) is 5.41 Å². The molecule has 3 rings (SSSR count). The number of amides is 2. The third-order valence-electron chi connectivity index (χ3n) is 5.35. The van der Waals surface area contributed by atoms with Gasteiger partial charge >= 0.3 is 0 Å². The summed E-state index contributed by atoms with van der Waals surface area (Å²) in [7, 11) is 0. The predicted octanol–water partition coefficient (Wildman–Crippen LogP) is 3.49. The molecule has 0 aromatic heterocycles. The summed E-state index contributed by atoms with van der Waals surface area (Å²) in [5.74, 6) is -0.0646. The minimum Gasteiger partial charge on any atom is -0.350 e. The van der Waals surface area contributed by atoms with Gasteiger partial charge in [-0.3, -0.25) is 14.5 Å². The van der Waals surface area contributed by atoms with Crippen molar-refractivity contribution in [1.29, 1.82) is 0 Å². The highest BCUT2D eigenvalue weighted by molar-refractivity contribution is 6.35. The third kappa shape index (κ3) is 5.37. The van der Waals surface area contributed by atoms with Crippen LogP contribution in [0.15, 0.2) is 18.2 Å². The first-order chi connectivity index (χ1) is 12.6. The first-order valence-corrected chi connectivity index (χ1v) is 10.1. The van der Waals surface area contributed by atoms with Gasteiger partial charge in [-0.1, -0.05) is 23.2 Å². The van der Waals surface area contributed by atoms with E-state index in [4.69, 9.17) is 23.2 Å². The summed E-state index contributed by atoms with van der Waals surface area (Å²) in [5, 5.41) is 7.04. The van der Waals surface area contributed by atoms with Gasteiger partial charge in [-0.2, -0.15) is 0 Å². The lowest BCUT2D eigenvalue weighted by Crippen LogP contribution is -2.48. The Morgan fingerprint density at radius 2 is 1.74 bits per heavy atom. The van der Waals surface area contributed by atoms with Crippen molar-refractivity contribution in [2.45, 2.75) is 51.6 Å². The van der Waals surface area contributed by atoms with E-state index in [0.29, 0.717) is 22.2 Å². The molecule has 1 aliphatic carbocycles. The summed E-state index contributed by atoms with van der Waals surface area (Å²) in [6.45, 7) is 8.16. The van der Waals surface area contributed by atoms with Gasteiger partial charge in [0.2, 0.25) is 5.91 Å². The van der Waals surface area contributed by atoms with E-state index < -0.39 is 0 Å². The number of nitrogens with one attached hydrogen (secondary N) is 2. The molecule has 2 fully saturated rings. The number of hydrogen-bond donors (Lipinski definition) is 2. The van der Waals surface area contributed by atoms with Crippen LogP contribution in [0.25, 0.3) is 0 Å². The molecule has 2 amide bonds. The van der Waals surface area contributed by atoms with Gasteiger partial charge in [0.15, 0.2) is 0 Å². The Kier molecular flexibility index (Phi) is 5.76. The summed E-state index contributed by atoms with van der Waals surface area (Å²) in [4.78, 5) is 26.8. The van der Waals surface area contributed by atoms with Crippen molar-refractivity contribution in [3.8, 4) is 0 Å². The maximum absolute atomic E-state index is 12.5. The zero-order chi connectivity index (χ0) is 19.8. The molecule has 1 heterocycles. The molecular weight excluding hydrogens is 385 g/mol. The molecule has 0 bridgehead atoms. The van der Waals surface area contributed by atoms with Gasteiger partial charge in [0.05, 0.1) is 6.54 Å². The first-order valence-electron chi connectivity index (χ1n) is 9.37. The fourth-order valence-corrected chi connectivity index (χ4v) is 4.37. The Balaban J connectivity index is 1.48. The molecule has 148 valence electrons. The van der Waals surface area contributed by atoms with Crippen molar-refractivity contribution >= 4 is 35.0 Å². The molecule has 1 aromatic rings. The van der Waals surface area contributed by atoms with Crippen molar-refractivity contribution in [1.82, 2.24) is 15.5 Å². The number of piperidine rings is 1. The molecule has 2 N–H and O–H groups in total. The van der Waals surface area contributed by atoms with Crippen LogP contribution in [-0.2, 0) is 4.79 Å². The lowest BCUT2D eigenvalue weighted by Gasteiger charge is -2.33. The molecule has 27 heavy (non-hydrogen) atoms. The number of rotatable bonds is 4. The van der Waals surface area contributed by atoms with Crippen molar-refractivity contribution < 1.29 is 9.59 Å². The van der Waals surface area contributed by atoms with Crippen LogP contribution < -0.4 is 10.6 Å². The summed E-state index contributed by atoms with van der Waals surface area (Å²) in [6, 6.07) is 5.07. The van der Waals surface area contributed by atoms with Crippen LogP contribution in [-0.4, -0.2) is 47.9 Å². The van der Waals surface area contributed by atoms with Crippen LogP contribution in [0.1, 0.15) is 50.4 Å². The second-order valence-corrected chi connectivity index (χ2v) is 9.70. The number of carbonyl (C=O) groups excluding carboxylic acids is 2. The van der Waals surface area contributed by atoms with E-state index in [1.165, 1.54) is 0 Å². The summed E-state index contributed by atoms with van der Waals surface area (Å²) >= 11 is 12.0. The maximum Gasteiger partial charge on any atom is 0.251 e. The van der Waals surface area contributed by atoms with Crippen LogP contribution in [0.2, 0.25) is 10.0 Å². The fourth-order valence-electron chi connectivity index (χ4n) is 3.85. The Morgan fingerprint density at radius 3 is 2.30 bits per heavy atom. The minimum atomic E-state index is -0.205. The van der Waals surface area contributed by atoms with Crippen molar-refractivity contribution in [2.75, 3.05) is 19.6 Å². The molecule has 1 aliphatic heterocycles.